The number of hydrogen-bond acceptors (Lipinski definition) is 2. The molecule has 11 heavy (non-hydrogen) atoms. The maximum absolute atomic E-state index is 11.0. The number of carbonyl (C=O) groups excluding carboxylic acids is 1. The van der Waals surface area contributed by atoms with Gasteiger partial charge in [0.15, 0.2) is 0 Å². The summed E-state index contributed by atoms with van der Waals surface area (Å²) in [5.74, 6) is 0.293. The molecule has 0 aliphatic heterocycles. The average molecular weight is 149 g/mol. The number of carbonyl (C=O) groups is 1. The normalized spacial score (nSPS) is 18.2. The van der Waals surface area contributed by atoms with Crippen LogP contribution in [0, 0.1) is 31.6 Å². The quantitative estimate of drug-likeness (QED) is 0.444. The van der Waals surface area contributed by atoms with Crippen molar-refractivity contribution in [3.8, 4) is 0 Å². The molecule has 0 amide bonds. The van der Waals surface area contributed by atoms with Crippen LogP contribution >= 0.6 is 0 Å². The Hall–Kier alpha value is -0.790. The smallest absolute Gasteiger partial charge is 0.314 e. The van der Waals surface area contributed by atoms with Crippen LogP contribution in [0.15, 0.2) is 12.7 Å². The lowest BCUT2D eigenvalue weighted by Crippen LogP contribution is -2.13. The monoisotopic (exact) mass is 149 g/mol. The highest BCUT2D eigenvalue weighted by molar-refractivity contribution is 5.91. The van der Waals surface area contributed by atoms with Crippen molar-refractivity contribution in [1.29, 1.82) is 0 Å². The standard InChI is InChI=1S/C9H9O2/c1-2-7-11-9(10)8-5-3-4-6-8/h2-6H,1,7H2. The first-order valence-electron chi connectivity index (χ1n) is 3.34. The second-order valence-electron chi connectivity index (χ2n) is 2.06. The molecule has 1 saturated carbocycles. The van der Waals surface area contributed by atoms with Crippen molar-refractivity contribution >= 4 is 5.97 Å². The summed E-state index contributed by atoms with van der Waals surface area (Å²) in [6.45, 7) is 3.70. The van der Waals surface area contributed by atoms with Crippen molar-refractivity contribution in [2.24, 2.45) is 0 Å². The van der Waals surface area contributed by atoms with Crippen LogP contribution in [0.25, 0.3) is 0 Å². The van der Waals surface area contributed by atoms with E-state index in [0.717, 1.165) is 0 Å². The second kappa shape index (κ2) is 4.16. The van der Waals surface area contributed by atoms with Crippen LogP contribution in [0.1, 0.15) is 0 Å². The van der Waals surface area contributed by atoms with Gasteiger partial charge in [-0.1, -0.05) is 12.7 Å². The van der Waals surface area contributed by atoms with E-state index in [2.05, 4.69) is 6.58 Å². The van der Waals surface area contributed by atoms with E-state index in [4.69, 9.17) is 4.74 Å². The molecule has 0 aromatic rings. The molecule has 1 aliphatic rings. The molecule has 0 spiro atoms. The van der Waals surface area contributed by atoms with E-state index in [-0.39, 0.29) is 12.6 Å². The molecule has 0 heterocycles. The van der Waals surface area contributed by atoms with E-state index in [0.29, 0.717) is 5.92 Å². The van der Waals surface area contributed by atoms with Crippen molar-refractivity contribution in [3.05, 3.63) is 44.3 Å². The van der Waals surface area contributed by atoms with E-state index >= 15 is 0 Å². The maximum atomic E-state index is 11.0. The summed E-state index contributed by atoms with van der Waals surface area (Å²) in [6, 6.07) is 0. The molecule has 57 valence electrons. The molecule has 5 radical (unpaired) electrons. The molecule has 0 saturated heterocycles. The molecular weight excluding hydrogens is 140 g/mol. The fourth-order valence-corrected chi connectivity index (χ4v) is 0.728. The Kier molecular flexibility index (Phi) is 3.14. The summed E-state index contributed by atoms with van der Waals surface area (Å²) in [7, 11) is 0. The Balaban J connectivity index is 2.22. The Morgan fingerprint density at radius 3 is 2.73 bits per heavy atom. The van der Waals surface area contributed by atoms with Gasteiger partial charge in [-0.2, -0.15) is 0 Å². The molecule has 0 aromatic carbocycles. The van der Waals surface area contributed by atoms with Gasteiger partial charge in [0, 0.05) is 0 Å². The summed E-state index contributed by atoms with van der Waals surface area (Å²) in [4.78, 5) is 11.0. The molecule has 0 bridgehead atoms. The van der Waals surface area contributed by atoms with Gasteiger partial charge in [0.05, 0.1) is 5.92 Å². The second-order valence-corrected chi connectivity index (χ2v) is 2.06. The molecule has 1 rings (SSSR count). The van der Waals surface area contributed by atoms with Crippen molar-refractivity contribution < 1.29 is 9.53 Å². The molecular formula is C9H9O2. The minimum absolute atomic E-state index is 0.268. The van der Waals surface area contributed by atoms with E-state index < -0.39 is 0 Å². The number of ether oxygens (including phenoxy) is 1. The van der Waals surface area contributed by atoms with E-state index in [9.17, 15) is 4.79 Å². The van der Waals surface area contributed by atoms with Gasteiger partial charge in [-0.15, -0.1) is 0 Å². The fourth-order valence-electron chi connectivity index (χ4n) is 0.728. The fraction of sp³-hybridized carbons (Fsp3) is 0.111. The lowest BCUT2D eigenvalue weighted by atomic mass is 10.1. The van der Waals surface area contributed by atoms with Crippen LogP contribution in [0.2, 0.25) is 0 Å². The van der Waals surface area contributed by atoms with Gasteiger partial charge >= 0.3 is 5.97 Å². The third-order valence-electron chi connectivity index (χ3n) is 1.23. The summed E-state index contributed by atoms with van der Waals surface area (Å²) in [6.07, 6.45) is 8.56. The highest BCUT2D eigenvalue weighted by Crippen LogP contribution is 2.23. The van der Waals surface area contributed by atoms with Crippen LogP contribution in [-0.4, -0.2) is 12.6 Å². The van der Waals surface area contributed by atoms with Gasteiger partial charge < -0.3 is 4.74 Å². The van der Waals surface area contributed by atoms with Crippen LogP contribution in [0.3, 0.4) is 0 Å². The highest BCUT2D eigenvalue weighted by Gasteiger charge is 2.25. The molecule has 2 heteroatoms. The van der Waals surface area contributed by atoms with Crippen LogP contribution in [0.5, 0.6) is 0 Å². The summed E-state index contributed by atoms with van der Waals surface area (Å²) in [5.41, 5.74) is 0. The van der Waals surface area contributed by atoms with E-state index in [1.54, 1.807) is 31.8 Å². The van der Waals surface area contributed by atoms with Gasteiger partial charge in [0.2, 0.25) is 0 Å². The predicted molar refractivity (Wildman–Crippen MR) is 41.6 cm³/mol. The van der Waals surface area contributed by atoms with Crippen molar-refractivity contribution in [1.82, 2.24) is 0 Å². The lowest BCUT2D eigenvalue weighted by molar-refractivity contribution is -0.139. The zero-order valence-corrected chi connectivity index (χ0v) is 6.12. The molecule has 0 atom stereocenters. The van der Waals surface area contributed by atoms with Crippen LogP contribution in [-0.2, 0) is 9.53 Å². The Bertz CT molecular complexity index is 146. The Morgan fingerprint density at radius 2 is 2.18 bits per heavy atom. The van der Waals surface area contributed by atoms with Gasteiger partial charge in [-0.3, -0.25) is 4.79 Å². The summed E-state index contributed by atoms with van der Waals surface area (Å²) >= 11 is 0. The average Bonchev–Trinajstić information content (AvgIpc) is 2.52. The molecule has 0 N–H and O–H groups in total. The zero-order chi connectivity index (χ0) is 8.10. The van der Waals surface area contributed by atoms with Gasteiger partial charge in [0.25, 0.3) is 0 Å². The SMILES string of the molecule is C=CCOC(=O)[C]1[CH][CH][CH][CH]1. The largest absolute Gasteiger partial charge is 0.461 e. The molecule has 1 aliphatic carbocycles. The molecule has 1 fully saturated rings. The molecule has 0 aromatic heterocycles. The van der Waals surface area contributed by atoms with Crippen molar-refractivity contribution in [2.45, 2.75) is 0 Å². The van der Waals surface area contributed by atoms with Gasteiger partial charge in [-0.25, -0.2) is 0 Å². The summed E-state index contributed by atoms with van der Waals surface area (Å²) < 4.78 is 4.78. The molecule has 0 unspecified atom stereocenters. The zero-order valence-electron chi connectivity index (χ0n) is 6.12. The number of hydrogen-bond donors (Lipinski definition) is 0. The van der Waals surface area contributed by atoms with Crippen molar-refractivity contribution in [3.63, 3.8) is 0 Å². The Labute approximate surface area is 67.2 Å². The number of rotatable bonds is 3. The highest BCUT2D eigenvalue weighted by atomic mass is 16.5. The van der Waals surface area contributed by atoms with Crippen LogP contribution < -0.4 is 0 Å². The topological polar surface area (TPSA) is 26.3 Å². The first-order chi connectivity index (χ1) is 5.34. The van der Waals surface area contributed by atoms with Crippen molar-refractivity contribution in [2.75, 3.05) is 6.61 Å². The van der Waals surface area contributed by atoms with Gasteiger partial charge in [-0.05, 0) is 25.7 Å². The first-order valence-corrected chi connectivity index (χ1v) is 3.34. The first kappa shape index (κ1) is 8.31. The van der Waals surface area contributed by atoms with Crippen LogP contribution in [0.4, 0.5) is 0 Å². The van der Waals surface area contributed by atoms with E-state index in [1.807, 2.05) is 0 Å². The number of esters is 1. The summed E-state index contributed by atoms with van der Waals surface area (Å²) in [5, 5.41) is 0. The minimum atomic E-state index is -0.296. The minimum Gasteiger partial charge on any atom is -0.461 e. The molecule has 2 nitrogen and oxygen atoms in total. The van der Waals surface area contributed by atoms with E-state index in [1.165, 1.54) is 0 Å². The predicted octanol–water partition coefficient (Wildman–Crippen LogP) is 1.12. The third kappa shape index (κ3) is 2.37. The third-order valence-corrected chi connectivity index (χ3v) is 1.23. The maximum Gasteiger partial charge on any atom is 0.314 e. The van der Waals surface area contributed by atoms with Gasteiger partial charge in [0.1, 0.15) is 6.61 Å². The Morgan fingerprint density at radius 1 is 1.55 bits per heavy atom. The lowest BCUT2D eigenvalue weighted by Gasteiger charge is -2.05.